The lowest BCUT2D eigenvalue weighted by Gasteiger charge is -2.25. The standard InChI is InChI=1S/C13H17NO6/c1-3-13(17,4-2)8-20-10-7-5-6-9(14(18)19)11(10)12(15)16/h5-7,17H,3-4,8H2,1-2H3,(H,15,16). The van der Waals surface area contributed by atoms with Crippen molar-refractivity contribution in [1.29, 1.82) is 0 Å². The molecule has 1 aromatic rings. The Balaban J connectivity index is 3.10. The van der Waals surface area contributed by atoms with Crippen molar-refractivity contribution in [2.24, 2.45) is 0 Å². The van der Waals surface area contributed by atoms with Crippen molar-refractivity contribution in [3.05, 3.63) is 33.9 Å². The third-order valence-electron chi connectivity index (χ3n) is 3.23. The van der Waals surface area contributed by atoms with E-state index in [0.717, 1.165) is 6.07 Å². The van der Waals surface area contributed by atoms with Crippen molar-refractivity contribution < 1.29 is 24.7 Å². The Morgan fingerprint density at radius 3 is 2.45 bits per heavy atom. The van der Waals surface area contributed by atoms with Crippen LogP contribution in [0.1, 0.15) is 37.0 Å². The van der Waals surface area contributed by atoms with Gasteiger partial charge in [0.1, 0.15) is 12.4 Å². The molecule has 0 aliphatic rings. The van der Waals surface area contributed by atoms with Crippen LogP contribution in [0.4, 0.5) is 5.69 Å². The number of rotatable bonds is 7. The summed E-state index contributed by atoms with van der Waals surface area (Å²) in [7, 11) is 0. The third-order valence-corrected chi connectivity index (χ3v) is 3.23. The zero-order valence-electron chi connectivity index (χ0n) is 11.3. The number of hydrogen-bond donors (Lipinski definition) is 2. The number of nitro groups is 1. The van der Waals surface area contributed by atoms with Crippen LogP contribution >= 0.6 is 0 Å². The Hall–Kier alpha value is -2.15. The molecule has 0 radical (unpaired) electrons. The monoisotopic (exact) mass is 283 g/mol. The van der Waals surface area contributed by atoms with Gasteiger partial charge in [-0.2, -0.15) is 0 Å². The van der Waals surface area contributed by atoms with Crippen LogP contribution in [0, 0.1) is 10.1 Å². The van der Waals surface area contributed by atoms with Gasteiger partial charge in [-0.15, -0.1) is 0 Å². The van der Waals surface area contributed by atoms with Crippen LogP contribution < -0.4 is 4.74 Å². The van der Waals surface area contributed by atoms with Gasteiger partial charge in [-0.3, -0.25) is 10.1 Å². The predicted molar refractivity (Wildman–Crippen MR) is 71.1 cm³/mol. The minimum atomic E-state index is -1.44. The van der Waals surface area contributed by atoms with Gasteiger partial charge in [-0.25, -0.2) is 4.79 Å². The van der Waals surface area contributed by atoms with Gasteiger partial charge in [0, 0.05) is 6.07 Å². The molecule has 0 spiro atoms. The molecule has 0 aromatic heterocycles. The van der Waals surface area contributed by atoms with Crippen molar-refractivity contribution >= 4 is 11.7 Å². The summed E-state index contributed by atoms with van der Waals surface area (Å²) in [6.45, 7) is 3.43. The molecule has 0 aliphatic heterocycles. The fourth-order valence-corrected chi connectivity index (χ4v) is 1.67. The van der Waals surface area contributed by atoms with Crippen molar-refractivity contribution in [3.63, 3.8) is 0 Å². The molecule has 2 N–H and O–H groups in total. The second-order valence-electron chi connectivity index (χ2n) is 4.43. The summed E-state index contributed by atoms with van der Waals surface area (Å²) < 4.78 is 5.30. The largest absolute Gasteiger partial charge is 0.489 e. The Morgan fingerprint density at radius 2 is 2.00 bits per heavy atom. The summed E-state index contributed by atoms with van der Waals surface area (Å²) in [6.07, 6.45) is 0.863. The molecular formula is C13H17NO6. The first-order valence-corrected chi connectivity index (χ1v) is 6.20. The van der Waals surface area contributed by atoms with E-state index in [-0.39, 0.29) is 12.4 Å². The van der Waals surface area contributed by atoms with E-state index in [0.29, 0.717) is 12.8 Å². The van der Waals surface area contributed by atoms with Gasteiger partial charge in [0.25, 0.3) is 5.69 Å². The average Bonchev–Trinajstić information content (AvgIpc) is 2.44. The van der Waals surface area contributed by atoms with Gasteiger partial charge < -0.3 is 14.9 Å². The maximum Gasteiger partial charge on any atom is 0.346 e. The molecule has 0 bridgehead atoms. The summed E-state index contributed by atoms with van der Waals surface area (Å²) in [5.74, 6) is -1.56. The highest BCUT2D eigenvalue weighted by atomic mass is 16.6. The molecule has 0 unspecified atom stereocenters. The van der Waals surface area contributed by atoms with E-state index in [9.17, 15) is 20.0 Å². The second kappa shape index (κ2) is 6.33. The highest BCUT2D eigenvalue weighted by Gasteiger charge is 2.28. The van der Waals surface area contributed by atoms with Gasteiger partial charge >= 0.3 is 5.97 Å². The van der Waals surface area contributed by atoms with E-state index in [4.69, 9.17) is 9.84 Å². The highest BCUT2D eigenvalue weighted by molar-refractivity contribution is 5.95. The number of aromatic carboxylic acids is 1. The first kappa shape index (κ1) is 15.9. The Labute approximate surface area is 116 Å². The molecule has 1 rings (SSSR count). The van der Waals surface area contributed by atoms with Crippen LogP contribution in [-0.4, -0.2) is 33.3 Å². The number of nitrogens with zero attached hydrogens (tertiary/aromatic N) is 1. The quantitative estimate of drug-likeness (QED) is 0.586. The van der Waals surface area contributed by atoms with Gasteiger partial charge in [0.2, 0.25) is 0 Å². The molecule has 0 saturated carbocycles. The van der Waals surface area contributed by atoms with E-state index in [2.05, 4.69) is 0 Å². The molecule has 0 fully saturated rings. The molecular weight excluding hydrogens is 266 g/mol. The smallest absolute Gasteiger partial charge is 0.346 e. The number of benzene rings is 1. The maximum atomic E-state index is 11.2. The van der Waals surface area contributed by atoms with Crippen LogP contribution in [0.3, 0.4) is 0 Å². The van der Waals surface area contributed by atoms with E-state index < -0.39 is 27.7 Å². The molecule has 7 heteroatoms. The summed E-state index contributed by atoms with van der Waals surface area (Å²) in [5.41, 5.74) is -2.13. The molecule has 0 amide bonds. The van der Waals surface area contributed by atoms with Crippen LogP contribution in [-0.2, 0) is 0 Å². The minimum Gasteiger partial charge on any atom is -0.489 e. The Morgan fingerprint density at radius 1 is 1.40 bits per heavy atom. The Kier molecular flexibility index (Phi) is 5.04. The number of carboxylic acid groups (broad SMARTS) is 1. The number of carboxylic acids is 1. The van der Waals surface area contributed by atoms with Gasteiger partial charge in [0.05, 0.1) is 10.5 Å². The lowest BCUT2D eigenvalue weighted by Crippen LogP contribution is -2.34. The SMILES string of the molecule is CCC(O)(CC)COc1cccc([N+](=O)[O-])c1C(=O)O. The highest BCUT2D eigenvalue weighted by Crippen LogP contribution is 2.29. The number of hydrogen-bond acceptors (Lipinski definition) is 5. The molecule has 0 atom stereocenters. The first-order chi connectivity index (χ1) is 9.34. The van der Waals surface area contributed by atoms with E-state index in [1.807, 2.05) is 0 Å². The molecule has 110 valence electrons. The summed E-state index contributed by atoms with van der Waals surface area (Å²) in [5, 5.41) is 30.0. The van der Waals surface area contributed by atoms with Crippen LogP contribution in [0.2, 0.25) is 0 Å². The second-order valence-corrected chi connectivity index (χ2v) is 4.43. The van der Waals surface area contributed by atoms with Crippen molar-refractivity contribution in [3.8, 4) is 5.75 Å². The average molecular weight is 283 g/mol. The van der Waals surface area contributed by atoms with Crippen molar-refractivity contribution in [1.82, 2.24) is 0 Å². The number of ether oxygens (including phenoxy) is 1. The zero-order valence-corrected chi connectivity index (χ0v) is 11.3. The third kappa shape index (κ3) is 3.45. The van der Waals surface area contributed by atoms with Gasteiger partial charge in [-0.1, -0.05) is 19.9 Å². The summed E-state index contributed by atoms with van der Waals surface area (Å²) in [6, 6.07) is 3.78. The molecule has 1 aromatic carbocycles. The minimum absolute atomic E-state index is 0.118. The molecule has 7 nitrogen and oxygen atoms in total. The van der Waals surface area contributed by atoms with Crippen LogP contribution in [0.5, 0.6) is 5.75 Å². The lowest BCUT2D eigenvalue weighted by atomic mass is 9.99. The Bertz CT molecular complexity index is 510. The summed E-state index contributed by atoms with van der Waals surface area (Å²) >= 11 is 0. The zero-order chi connectivity index (χ0) is 15.3. The fraction of sp³-hybridized carbons (Fsp3) is 0.462. The van der Waals surface area contributed by atoms with Crippen LogP contribution in [0.25, 0.3) is 0 Å². The number of nitro benzene ring substituents is 1. The van der Waals surface area contributed by atoms with Crippen molar-refractivity contribution in [2.45, 2.75) is 32.3 Å². The maximum absolute atomic E-state index is 11.2. The van der Waals surface area contributed by atoms with E-state index in [1.54, 1.807) is 13.8 Å². The van der Waals surface area contributed by atoms with Gasteiger partial charge in [0.15, 0.2) is 5.56 Å². The van der Waals surface area contributed by atoms with Gasteiger partial charge in [-0.05, 0) is 18.9 Å². The van der Waals surface area contributed by atoms with E-state index >= 15 is 0 Å². The summed E-state index contributed by atoms with van der Waals surface area (Å²) in [4.78, 5) is 21.2. The number of carbonyl (C=O) groups is 1. The van der Waals surface area contributed by atoms with Crippen LogP contribution in [0.15, 0.2) is 18.2 Å². The number of aliphatic hydroxyl groups is 1. The molecule has 0 aliphatic carbocycles. The topological polar surface area (TPSA) is 110 Å². The first-order valence-electron chi connectivity index (χ1n) is 6.20. The lowest BCUT2D eigenvalue weighted by molar-refractivity contribution is -0.385. The molecule has 0 saturated heterocycles. The van der Waals surface area contributed by atoms with Crippen molar-refractivity contribution in [2.75, 3.05) is 6.61 Å². The normalized spacial score (nSPS) is 11.2. The fourth-order valence-electron chi connectivity index (χ4n) is 1.67. The molecule has 20 heavy (non-hydrogen) atoms. The molecule has 0 heterocycles. The predicted octanol–water partition coefficient (Wildman–Crippen LogP) is 2.22. The van der Waals surface area contributed by atoms with E-state index in [1.165, 1.54) is 12.1 Å².